The van der Waals surface area contributed by atoms with Crippen LogP contribution in [-0.2, 0) is 6.54 Å². The summed E-state index contributed by atoms with van der Waals surface area (Å²) in [5.41, 5.74) is 2.03. The van der Waals surface area contributed by atoms with Gasteiger partial charge < -0.3 is 4.57 Å². The number of aryl methyl sites for hydroxylation is 1. The van der Waals surface area contributed by atoms with Crippen LogP contribution in [0.3, 0.4) is 0 Å². The minimum Gasteiger partial charge on any atom is -0.312 e. The Morgan fingerprint density at radius 3 is 2.65 bits per heavy atom. The highest BCUT2D eigenvalue weighted by atomic mass is 35.5. The molecule has 0 unspecified atom stereocenters. The molecule has 0 fully saturated rings. The molecule has 0 saturated heterocycles. The molecule has 0 spiro atoms. The van der Waals surface area contributed by atoms with Crippen molar-refractivity contribution in [3.05, 3.63) is 80.1 Å². The van der Waals surface area contributed by atoms with Crippen LogP contribution in [0, 0.1) is 17.0 Å². The SMILES string of the molecule is C=CCn1c(=NC(=O)c2ccc([N+](=O)[O-])cc2)sc2ccc(Cl)c(C)c21. The average molecular weight is 388 g/mol. The highest BCUT2D eigenvalue weighted by Gasteiger charge is 2.13. The molecule has 0 radical (unpaired) electrons. The predicted octanol–water partition coefficient (Wildman–Crippen LogP) is 4.50. The van der Waals surface area contributed by atoms with E-state index in [1.807, 2.05) is 23.6 Å². The van der Waals surface area contributed by atoms with E-state index in [0.29, 0.717) is 16.4 Å². The zero-order valence-corrected chi connectivity index (χ0v) is 15.4. The number of rotatable bonds is 4. The molecule has 6 nitrogen and oxygen atoms in total. The van der Waals surface area contributed by atoms with Gasteiger partial charge in [0, 0.05) is 29.3 Å². The van der Waals surface area contributed by atoms with Gasteiger partial charge in [0.25, 0.3) is 11.6 Å². The monoisotopic (exact) mass is 387 g/mol. The quantitative estimate of drug-likeness (QED) is 0.375. The maximum atomic E-state index is 12.5. The van der Waals surface area contributed by atoms with Crippen molar-refractivity contribution >= 4 is 44.7 Å². The fraction of sp³-hybridized carbons (Fsp3) is 0.111. The van der Waals surface area contributed by atoms with Gasteiger partial charge in [0.05, 0.1) is 15.1 Å². The molecular weight excluding hydrogens is 374 g/mol. The number of amides is 1. The first-order valence-electron chi connectivity index (χ1n) is 7.65. The van der Waals surface area contributed by atoms with Crippen molar-refractivity contribution in [1.82, 2.24) is 4.57 Å². The number of nitrogens with zero attached hydrogens (tertiary/aromatic N) is 3. The molecule has 0 aliphatic heterocycles. The summed E-state index contributed by atoms with van der Waals surface area (Å²) in [6, 6.07) is 9.08. The molecule has 1 heterocycles. The van der Waals surface area contributed by atoms with Crippen LogP contribution >= 0.6 is 22.9 Å². The Hall–Kier alpha value is -2.77. The standard InChI is InChI=1S/C18H14ClN3O3S/c1-3-10-21-16-11(2)14(19)8-9-15(16)26-18(21)20-17(23)12-4-6-13(7-5-12)22(24)25/h3-9H,1,10H2,2H3. The number of hydrogen-bond donors (Lipinski definition) is 0. The van der Waals surface area contributed by atoms with Crippen LogP contribution in [0.1, 0.15) is 15.9 Å². The van der Waals surface area contributed by atoms with E-state index in [1.54, 1.807) is 6.08 Å². The molecule has 0 aliphatic rings. The highest BCUT2D eigenvalue weighted by Crippen LogP contribution is 2.27. The summed E-state index contributed by atoms with van der Waals surface area (Å²) < 4.78 is 2.85. The van der Waals surface area contributed by atoms with Gasteiger partial charge in [-0.15, -0.1) is 6.58 Å². The van der Waals surface area contributed by atoms with Crippen molar-refractivity contribution in [2.45, 2.75) is 13.5 Å². The zero-order valence-electron chi connectivity index (χ0n) is 13.8. The van der Waals surface area contributed by atoms with Crippen LogP contribution < -0.4 is 4.80 Å². The van der Waals surface area contributed by atoms with Crippen LogP contribution in [0.15, 0.2) is 54.0 Å². The second kappa shape index (κ2) is 7.23. The average Bonchev–Trinajstić information content (AvgIpc) is 2.96. The number of fused-ring (bicyclic) bond motifs is 1. The number of non-ortho nitro benzene ring substituents is 1. The van der Waals surface area contributed by atoms with Crippen LogP contribution in [-0.4, -0.2) is 15.4 Å². The van der Waals surface area contributed by atoms with E-state index in [4.69, 9.17) is 11.6 Å². The van der Waals surface area contributed by atoms with Gasteiger partial charge in [-0.3, -0.25) is 14.9 Å². The molecule has 0 saturated carbocycles. The minimum atomic E-state index is -0.512. The number of benzene rings is 2. The number of thiazole rings is 1. The Morgan fingerprint density at radius 1 is 1.35 bits per heavy atom. The molecule has 26 heavy (non-hydrogen) atoms. The van der Waals surface area contributed by atoms with Crippen molar-refractivity contribution in [3.8, 4) is 0 Å². The van der Waals surface area contributed by atoms with E-state index in [9.17, 15) is 14.9 Å². The number of carbonyl (C=O) groups excluding carboxylic acids is 1. The first kappa shape index (κ1) is 18.0. The summed E-state index contributed by atoms with van der Waals surface area (Å²) in [6.45, 7) is 6.15. The van der Waals surface area contributed by atoms with Crippen LogP contribution in [0.4, 0.5) is 5.69 Å². The largest absolute Gasteiger partial charge is 0.312 e. The third-order valence-electron chi connectivity index (χ3n) is 3.86. The lowest BCUT2D eigenvalue weighted by molar-refractivity contribution is -0.384. The molecule has 3 rings (SSSR count). The van der Waals surface area contributed by atoms with Crippen molar-refractivity contribution in [3.63, 3.8) is 0 Å². The molecule has 2 aromatic carbocycles. The third-order valence-corrected chi connectivity index (χ3v) is 5.32. The Kier molecular flexibility index (Phi) is 5.01. The molecule has 0 aliphatic carbocycles. The zero-order chi connectivity index (χ0) is 18.8. The van der Waals surface area contributed by atoms with Crippen molar-refractivity contribution in [2.24, 2.45) is 4.99 Å². The Balaban J connectivity index is 2.12. The molecule has 1 aromatic heterocycles. The van der Waals surface area contributed by atoms with Gasteiger partial charge in [-0.1, -0.05) is 29.0 Å². The molecule has 132 valence electrons. The lowest BCUT2D eigenvalue weighted by atomic mass is 10.2. The lowest BCUT2D eigenvalue weighted by Gasteiger charge is -2.05. The summed E-state index contributed by atoms with van der Waals surface area (Å²) in [6.07, 6.45) is 1.72. The molecule has 8 heteroatoms. The summed E-state index contributed by atoms with van der Waals surface area (Å²) in [7, 11) is 0. The van der Waals surface area contributed by atoms with E-state index in [2.05, 4.69) is 11.6 Å². The van der Waals surface area contributed by atoms with E-state index >= 15 is 0 Å². The number of nitro groups is 1. The molecular formula is C18H14ClN3O3S. The number of aromatic nitrogens is 1. The second-order valence-corrected chi connectivity index (χ2v) is 6.94. The maximum Gasteiger partial charge on any atom is 0.279 e. The first-order valence-corrected chi connectivity index (χ1v) is 8.84. The molecule has 1 amide bonds. The Labute approximate surface area is 157 Å². The summed E-state index contributed by atoms with van der Waals surface area (Å²) >= 11 is 7.60. The number of nitro benzene ring substituents is 1. The van der Waals surface area contributed by atoms with Gasteiger partial charge in [0.15, 0.2) is 4.80 Å². The van der Waals surface area contributed by atoms with Crippen LogP contribution in [0.2, 0.25) is 5.02 Å². The molecule has 0 bridgehead atoms. The van der Waals surface area contributed by atoms with E-state index in [0.717, 1.165) is 15.8 Å². The molecule has 0 atom stereocenters. The predicted molar refractivity (Wildman–Crippen MR) is 103 cm³/mol. The molecule has 0 N–H and O–H groups in total. The second-order valence-electron chi connectivity index (χ2n) is 5.52. The molecule has 3 aromatic rings. The topological polar surface area (TPSA) is 77.5 Å². The van der Waals surface area contributed by atoms with E-state index in [-0.39, 0.29) is 11.3 Å². The summed E-state index contributed by atoms with van der Waals surface area (Å²) in [4.78, 5) is 27.4. The van der Waals surface area contributed by atoms with E-state index in [1.165, 1.54) is 35.6 Å². The van der Waals surface area contributed by atoms with Crippen LogP contribution in [0.25, 0.3) is 10.2 Å². The van der Waals surface area contributed by atoms with Crippen molar-refractivity contribution in [2.75, 3.05) is 0 Å². The van der Waals surface area contributed by atoms with Gasteiger partial charge >= 0.3 is 0 Å². The number of halogens is 1. The van der Waals surface area contributed by atoms with Gasteiger partial charge in [-0.05, 0) is 36.8 Å². The summed E-state index contributed by atoms with van der Waals surface area (Å²) in [5.74, 6) is -0.465. The van der Waals surface area contributed by atoms with Crippen molar-refractivity contribution < 1.29 is 9.72 Å². The normalized spacial score (nSPS) is 11.7. The number of carbonyl (C=O) groups is 1. The van der Waals surface area contributed by atoms with E-state index < -0.39 is 10.8 Å². The first-order chi connectivity index (χ1) is 12.4. The Bertz CT molecular complexity index is 1100. The van der Waals surface area contributed by atoms with Crippen LogP contribution in [0.5, 0.6) is 0 Å². The summed E-state index contributed by atoms with van der Waals surface area (Å²) in [5, 5.41) is 11.4. The van der Waals surface area contributed by atoms with Gasteiger partial charge in [0.2, 0.25) is 0 Å². The maximum absolute atomic E-state index is 12.5. The van der Waals surface area contributed by atoms with Gasteiger partial charge in [-0.2, -0.15) is 4.99 Å². The lowest BCUT2D eigenvalue weighted by Crippen LogP contribution is -2.16. The highest BCUT2D eigenvalue weighted by molar-refractivity contribution is 7.16. The fourth-order valence-electron chi connectivity index (χ4n) is 2.58. The van der Waals surface area contributed by atoms with Crippen molar-refractivity contribution in [1.29, 1.82) is 0 Å². The minimum absolute atomic E-state index is 0.0737. The van der Waals surface area contributed by atoms with Gasteiger partial charge in [-0.25, -0.2) is 0 Å². The number of hydrogen-bond acceptors (Lipinski definition) is 4. The Morgan fingerprint density at radius 2 is 2.04 bits per heavy atom. The fourth-order valence-corrected chi connectivity index (χ4v) is 3.83. The third kappa shape index (κ3) is 3.31. The number of allylic oxidation sites excluding steroid dienone is 1. The smallest absolute Gasteiger partial charge is 0.279 e. The van der Waals surface area contributed by atoms with Gasteiger partial charge in [0.1, 0.15) is 0 Å².